The highest BCUT2D eigenvalue weighted by atomic mass is 16.5. The summed E-state index contributed by atoms with van der Waals surface area (Å²) in [6.45, 7) is 0. The molecule has 7 heteroatoms. The van der Waals surface area contributed by atoms with Gasteiger partial charge in [0.2, 0.25) is 0 Å². The first-order valence-electron chi connectivity index (χ1n) is 8.35. The second kappa shape index (κ2) is 9.55. The lowest BCUT2D eigenvalue weighted by Gasteiger charge is -2.14. The van der Waals surface area contributed by atoms with Crippen LogP contribution in [0.1, 0.15) is 15.9 Å². The van der Waals surface area contributed by atoms with E-state index in [4.69, 9.17) is 28.4 Å². The highest BCUT2D eigenvalue weighted by Gasteiger charge is 2.21. The number of ketones is 1. The van der Waals surface area contributed by atoms with E-state index >= 15 is 0 Å². The summed E-state index contributed by atoms with van der Waals surface area (Å²) < 4.78 is 32.0. The van der Waals surface area contributed by atoms with Gasteiger partial charge in [0.05, 0.1) is 42.7 Å². The largest absolute Gasteiger partial charge is 0.497 e. The SMILES string of the molecule is COc1cc(C=CC(=O)c2c(OC)ccc(OC)c2OC)c(OC)c(OC)c1. The van der Waals surface area contributed by atoms with E-state index in [-0.39, 0.29) is 11.3 Å². The second-order valence-corrected chi connectivity index (χ2v) is 5.53. The van der Waals surface area contributed by atoms with E-state index in [0.717, 1.165) is 0 Å². The zero-order valence-corrected chi connectivity index (χ0v) is 16.8. The van der Waals surface area contributed by atoms with Crippen molar-refractivity contribution in [1.82, 2.24) is 0 Å². The van der Waals surface area contributed by atoms with Gasteiger partial charge in [-0.3, -0.25) is 4.79 Å². The molecule has 0 aliphatic carbocycles. The summed E-state index contributed by atoms with van der Waals surface area (Å²) in [5.41, 5.74) is 0.877. The van der Waals surface area contributed by atoms with Gasteiger partial charge in [0.25, 0.3) is 0 Å². The zero-order chi connectivity index (χ0) is 20.7. The van der Waals surface area contributed by atoms with Gasteiger partial charge in [0.15, 0.2) is 28.8 Å². The number of benzene rings is 2. The molecule has 0 spiro atoms. The molecule has 0 bridgehead atoms. The van der Waals surface area contributed by atoms with Crippen LogP contribution in [-0.4, -0.2) is 48.4 Å². The third kappa shape index (κ3) is 4.14. The first-order chi connectivity index (χ1) is 13.5. The Morgan fingerprint density at radius 3 is 1.86 bits per heavy atom. The number of hydrogen-bond acceptors (Lipinski definition) is 7. The van der Waals surface area contributed by atoms with Crippen LogP contribution in [-0.2, 0) is 0 Å². The summed E-state index contributed by atoms with van der Waals surface area (Å²) in [5.74, 6) is 2.33. The molecule has 150 valence electrons. The van der Waals surface area contributed by atoms with Gasteiger partial charge >= 0.3 is 0 Å². The van der Waals surface area contributed by atoms with Crippen LogP contribution in [0.15, 0.2) is 30.3 Å². The average molecular weight is 388 g/mol. The van der Waals surface area contributed by atoms with Crippen molar-refractivity contribution >= 4 is 11.9 Å². The van der Waals surface area contributed by atoms with E-state index in [9.17, 15) is 4.79 Å². The Bertz CT molecular complexity index is 872. The molecular weight excluding hydrogens is 364 g/mol. The Balaban J connectivity index is 2.53. The standard InChI is InChI=1S/C21H24O7/c1-23-14-11-13(20(27-5)18(12-14)26-4)7-8-15(22)19-16(24-2)9-10-17(25-3)21(19)28-6/h7-12H,1-6H3. The summed E-state index contributed by atoms with van der Waals surface area (Å²) in [7, 11) is 9.05. The Kier molecular flexibility index (Phi) is 7.14. The van der Waals surface area contributed by atoms with Gasteiger partial charge in [-0.25, -0.2) is 0 Å². The second-order valence-electron chi connectivity index (χ2n) is 5.53. The molecule has 0 unspecified atom stereocenters. The van der Waals surface area contributed by atoms with E-state index in [1.807, 2.05) is 0 Å². The maximum atomic E-state index is 12.9. The van der Waals surface area contributed by atoms with Crippen LogP contribution in [0, 0.1) is 0 Å². The molecule has 0 heterocycles. The molecule has 0 aliphatic heterocycles. The van der Waals surface area contributed by atoms with Crippen LogP contribution in [0.2, 0.25) is 0 Å². The molecule has 0 saturated heterocycles. The Labute approximate surface area is 164 Å². The highest BCUT2D eigenvalue weighted by molar-refractivity contribution is 6.11. The molecule has 0 radical (unpaired) electrons. The molecule has 0 aliphatic rings. The number of rotatable bonds is 9. The van der Waals surface area contributed by atoms with E-state index in [1.54, 1.807) is 37.5 Å². The van der Waals surface area contributed by atoms with Crippen LogP contribution in [0.5, 0.6) is 34.5 Å². The first kappa shape index (κ1) is 21.0. The summed E-state index contributed by atoms with van der Waals surface area (Å²) in [6, 6.07) is 6.77. The number of carbonyl (C=O) groups is 1. The predicted molar refractivity (Wildman–Crippen MR) is 106 cm³/mol. The first-order valence-corrected chi connectivity index (χ1v) is 8.35. The van der Waals surface area contributed by atoms with Gasteiger partial charge in [-0.1, -0.05) is 0 Å². The van der Waals surface area contributed by atoms with Gasteiger partial charge in [-0.2, -0.15) is 0 Å². The number of ether oxygens (including phenoxy) is 6. The zero-order valence-electron chi connectivity index (χ0n) is 16.8. The van der Waals surface area contributed by atoms with Crippen LogP contribution < -0.4 is 28.4 Å². The lowest BCUT2D eigenvalue weighted by Crippen LogP contribution is -2.04. The number of allylic oxidation sites excluding steroid dienone is 1. The summed E-state index contributed by atoms with van der Waals surface area (Å²) in [5, 5.41) is 0. The van der Waals surface area contributed by atoms with Gasteiger partial charge in [0, 0.05) is 11.6 Å². The van der Waals surface area contributed by atoms with Crippen LogP contribution >= 0.6 is 0 Å². The molecule has 0 atom stereocenters. The minimum absolute atomic E-state index is 0.259. The minimum atomic E-state index is -0.323. The maximum Gasteiger partial charge on any atom is 0.193 e. The number of methoxy groups -OCH3 is 6. The van der Waals surface area contributed by atoms with Crippen LogP contribution in [0.4, 0.5) is 0 Å². The van der Waals surface area contributed by atoms with E-state index in [2.05, 4.69) is 0 Å². The fourth-order valence-electron chi connectivity index (χ4n) is 2.77. The smallest absolute Gasteiger partial charge is 0.193 e. The lowest BCUT2D eigenvalue weighted by molar-refractivity contribution is 0.104. The van der Waals surface area contributed by atoms with Crippen molar-refractivity contribution < 1.29 is 33.2 Å². The van der Waals surface area contributed by atoms with Crippen molar-refractivity contribution in [2.24, 2.45) is 0 Å². The molecule has 0 fully saturated rings. The number of carbonyl (C=O) groups excluding carboxylic acids is 1. The third-order valence-electron chi connectivity index (χ3n) is 4.10. The Hall–Kier alpha value is -3.35. The van der Waals surface area contributed by atoms with Gasteiger partial charge in [-0.05, 0) is 30.4 Å². The van der Waals surface area contributed by atoms with Crippen molar-refractivity contribution in [1.29, 1.82) is 0 Å². The Morgan fingerprint density at radius 2 is 1.32 bits per heavy atom. The van der Waals surface area contributed by atoms with Crippen molar-refractivity contribution in [3.63, 3.8) is 0 Å². The van der Waals surface area contributed by atoms with Crippen LogP contribution in [0.25, 0.3) is 6.08 Å². The predicted octanol–water partition coefficient (Wildman–Crippen LogP) is 3.63. The lowest BCUT2D eigenvalue weighted by atomic mass is 10.0. The quantitative estimate of drug-likeness (QED) is 0.480. The van der Waals surface area contributed by atoms with Gasteiger partial charge in [-0.15, -0.1) is 0 Å². The molecule has 2 rings (SSSR count). The molecule has 2 aromatic carbocycles. The highest BCUT2D eigenvalue weighted by Crippen LogP contribution is 2.39. The van der Waals surface area contributed by atoms with Crippen molar-refractivity contribution in [2.75, 3.05) is 42.7 Å². The summed E-state index contributed by atoms with van der Waals surface area (Å²) in [4.78, 5) is 12.9. The molecule has 0 saturated carbocycles. The monoisotopic (exact) mass is 388 g/mol. The van der Waals surface area contributed by atoms with Crippen LogP contribution in [0.3, 0.4) is 0 Å². The minimum Gasteiger partial charge on any atom is -0.497 e. The third-order valence-corrected chi connectivity index (χ3v) is 4.10. The fraction of sp³-hybridized carbons (Fsp3) is 0.286. The molecule has 2 aromatic rings. The van der Waals surface area contributed by atoms with Crippen molar-refractivity contribution in [3.05, 3.63) is 41.5 Å². The summed E-state index contributed by atoms with van der Waals surface area (Å²) >= 11 is 0. The van der Waals surface area contributed by atoms with E-state index in [0.29, 0.717) is 40.1 Å². The Morgan fingerprint density at radius 1 is 0.714 bits per heavy atom. The maximum absolute atomic E-state index is 12.9. The topological polar surface area (TPSA) is 72.5 Å². The van der Waals surface area contributed by atoms with Crippen molar-refractivity contribution in [3.8, 4) is 34.5 Å². The van der Waals surface area contributed by atoms with E-state index in [1.165, 1.54) is 41.6 Å². The van der Waals surface area contributed by atoms with Gasteiger partial charge in [0.1, 0.15) is 17.1 Å². The average Bonchev–Trinajstić information content (AvgIpc) is 2.75. The molecule has 7 nitrogen and oxygen atoms in total. The fourth-order valence-corrected chi connectivity index (χ4v) is 2.77. The summed E-state index contributed by atoms with van der Waals surface area (Å²) in [6.07, 6.45) is 3.01. The molecule has 0 amide bonds. The van der Waals surface area contributed by atoms with Gasteiger partial charge < -0.3 is 28.4 Å². The van der Waals surface area contributed by atoms with E-state index < -0.39 is 0 Å². The molecule has 0 N–H and O–H groups in total. The normalized spacial score (nSPS) is 10.5. The molecule has 0 aromatic heterocycles. The molecule has 28 heavy (non-hydrogen) atoms. The molecular formula is C21H24O7. The number of hydrogen-bond donors (Lipinski definition) is 0. The van der Waals surface area contributed by atoms with Crippen molar-refractivity contribution in [2.45, 2.75) is 0 Å².